The van der Waals surface area contributed by atoms with Gasteiger partial charge >= 0.3 is 12.3 Å². The molecular formula is C18H25F3O3. The van der Waals surface area contributed by atoms with Crippen LogP contribution in [0.2, 0.25) is 0 Å². The van der Waals surface area contributed by atoms with Gasteiger partial charge in [0.2, 0.25) is 0 Å². The third-order valence-corrected chi connectivity index (χ3v) is 3.60. The summed E-state index contributed by atoms with van der Waals surface area (Å²) in [5.74, 6) is -0.536. The molecule has 0 heterocycles. The normalized spacial score (nSPS) is 11.3. The molecule has 0 spiro atoms. The maximum atomic E-state index is 12.8. The summed E-state index contributed by atoms with van der Waals surface area (Å²) in [7, 11) is 0. The molecule has 0 aliphatic carbocycles. The lowest BCUT2D eigenvalue weighted by atomic mass is 10.1. The van der Waals surface area contributed by atoms with E-state index < -0.39 is 23.6 Å². The van der Waals surface area contributed by atoms with E-state index in [4.69, 9.17) is 4.74 Å². The van der Waals surface area contributed by atoms with Crippen LogP contribution in [-0.2, 0) is 10.9 Å². The van der Waals surface area contributed by atoms with E-state index in [9.17, 15) is 18.0 Å². The van der Waals surface area contributed by atoms with Gasteiger partial charge in [-0.1, -0.05) is 64.0 Å². The van der Waals surface area contributed by atoms with Gasteiger partial charge in [0.25, 0.3) is 0 Å². The van der Waals surface area contributed by atoms with E-state index in [1.807, 2.05) is 0 Å². The molecule has 6 heteroatoms. The number of hydrogen-bond acceptors (Lipinski definition) is 3. The van der Waals surface area contributed by atoms with Gasteiger partial charge in [-0.25, -0.2) is 4.79 Å². The fourth-order valence-electron chi connectivity index (χ4n) is 2.30. The largest absolute Gasteiger partial charge is 0.513 e. The van der Waals surface area contributed by atoms with Crippen LogP contribution >= 0.6 is 0 Å². The summed E-state index contributed by atoms with van der Waals surface area (Å²) in [4.78, 5) is 11.5. The van der Waals surface area contributed by atoms with Crippen LogP contribution in [-0.4, -0.2) is 12.8 Å². The lowest BCUT2D eigenvalue weighted by Crippen LogP contribution is -2.15. The molecule has 0 saturated heterocycles. The molecule has 1 rings (SSSR count). The van der Waals surface area contributed by atoms with Crippen LogP contribution in [0, 0.1) is 0 Å². The highest BCUT2D eigenvalue weighted by molar-refractivity contribution is 5.64. The van der Waals surface area contributed by atoms with Crippen molar-refractivity contribution in [2.45, 2.75) is 64.5 Å². The highest BCUT2D eigenvalue weighted by Crippen LogP contribution is 2.35. The van der Waals surface area contributed by atoms with Gasteiger partial charge in [-0.05, 0) is 18.6 Å². The third-order valence-electron chi connectivity index (χ3n) is 3.60. The molecule has 0 aliphatic heterocycles. The molecule has 0 radical (unpaired) electrons. The van der Waals surface area contributed by atoms with Crippen LogP contribution in [0.3, 0.4) is 0 Å². The molecule has 0 aliphatic rings. The Morgan fingerprint density at radius 1 is 0.958 bits per heavy atom. The minimum absolute atomic E-state index is 0.155. The fourth-order valence-corrected chi connectivity index (χ4v) is 2.30. The number of para-hydroxylation sites is 1. The van der Waals surface area contributed by atoms with Crippen LogP contribution < -0.4 is 4.74 Å². The number of rotatable bonds is 10. The number of carbonyl (C=O) groups is 1. The first-order valence-electron chi connectivity index (χ1n) is 8.46. The lowest BCUT2D eigenvalue weighted by molar-refractivity contribution is -0.138. The van der Waals surface area contributed by atoms with E-state index >= 15 is 0 Å². The Kier molecular flexibility index (Phi) is 9.27. The van der Waals surface area contributed by atoms with Crippen LogP contribution in [0.25, 0.3) is 0 Å². The van der Waals surface area contributed by atoms with E-state index in [1.165, 1.54) is 37.8 Å². The van der Waals surface area contributed by atoms with Crippen molar-refractivity contribution >= 4 is 6.16 Å². The molecule has 24 heavy (non-hydrogen) atoms. The van der Waals surface area contributed by atoms with Crippen LogP contribution in [0.5, 0.6) is 5.75 Å². The van der Waals surface area contributed by atoms with Gasteiger partial charge in [0.05, 0.1) is 12.2 Å². The van der Waals surface area contributed by atoms with Gasteiger partial charge in [0, 0.05) is 0 Å². The first kappa shape index (κ1) is 20.3. The van der Waals surface area contributed by atoms with Gasteiger partial charge in [-0.15, -0.1) is 0 Å². The summed E-state index contributed by atoms with van der Waals surface area (Å²) in [6.45, 7) is 2.32. The number of carbonyl (C=O) groups excluding carboxylic acids is 1. The van der Waals surface area contributed by atoms with Crippen molar-refractivity contribution in [2.24, 2.45) is 0 Å². The number of hydrogen-bond donors (Lipinski definition) is 0. The zero-order valence-electron chi connectivity index (χ0n) is 14.0. The fraction of sp³-hybridized carbons (Fsp3) is 0.611. The lowest BCUT2D eigenvalue weighted by Gasteiger charge is -2.12. The average molecular weight is 346 g/mol. The molecule has 0 unspecified atom stereocenters. The Morgan fingerprint density at radius 2 is 1.54 bits per heavy atom. The molecule has 1 aromatic rings. The van der Waals surface area contributed by atoms with Crippen molar-refractivity contribution in [1.29, 1.82) is 0 Å². The maximum Gasteiger partial charge on any atom is 0.513 e. The van der Waals surface area contributed by atoms with Gasteiger partial charge in [-0.3, -0.25) is 0 Å². The molecule has 136 valence electrons. The van der Waals surface area contributed by atoms with Crippen LogP contribution in [0.4, 0.5) is 18.0 Å². The summed E-state index contributed by atoms with van der Waals surface area (Å²) in [5.41, 5.74) is -0.992. The Labute approximate surface area is 141 Å². The minimum atomic E-state index is -4.57. The van der Waals surface area contributed by atoms with E-state index in [0.29, 0.717) is 6.42 Å². The van der Waals surface area contributed by atoms with E-state index in [1.54, 1.807) is 0 Å². The molecule has 0 bridgehead atoms. The summed E-state index contributed by atoms with van der Waals surface area (Å²) < 4.78 is 47.8. The first-order chi connectivity index (χ1) is 11.4. The molecule has 1 aromatic carbocycles. The monoisotopic (exact) mass is 346 g/mol. The van der Waals surface area contributed by atoms with E-state index in [-0.39, 0.29) is 6.61 Å². The number of halogens is 3. The molecule has 0 amide bonds. The second kappa shape index (κ2) is 10.9. The van der Waals surface area contributed by atoms with Crippen molar-refractivity contribution in [1.82, 2.24) is 0 Å². The second-order valence-corrected chi connectivity index (χ2v) is 5.67. The minimum Gasteiger partial charge on any atom is -0.434 e. The van der Waals surface area contributed by atoms with Crippen molar-refractivity contribution in [3.8, 4) is 5.75 Å². The van der Waals surface area contributed by atoms with Crippen molar-refractivity contribution in [3.63, 3.8) is 0 Å². The zero-order chi connectivity index (χ0) is 17.8. The predicted molar refractivity (Wildman–Crippen MR) is 86.0 cm³/mol. The molecular weight excluding hydrogens is 321 g/mol. The molecule has 0 atom stereocenters. The number of alkyl halides is 3. The maximum absolute atomic E-state index is 12.8. The Morgan fingerprint density at radius 3 is 2.17 bits per heavy atom. The molecule has 0 N–H and O–H groups in total. The topological polar surface area (TPSA) is 35.5 Å². The van der Waals surface area contributed by atoms with E-state index in [0.717, 1.165) is 31.4 Å². The quantitative estimate of drug-likeness (QED) is 0.281. The number of ether oxygens (including phenoxy) is 2. The molecule has 3 nitrogen and oxygen atoms in total. The Balaban J connectivity index is 2.21. The third kappa shape index (κ3) is 8.22. The van der Waals surface area contributed by atoms with Crippen molar-refractivity contribution in [2.75, 3.05) is 6.61 Å². The summed E-state index contributed by atoms with van der Waals surface area (Å²) in [5, 5.41) is 0. The number of unbranched alkanes of at least 4 members (excludes halogenated alkanes) is 7. The molecule has 0 fully saturated rings. The van der Waals surface area contributed by atoms with Gasteiger partial charge in [0.1, 0.15) is 5.75 Å². The Bertz CT molecular complexity index is 487. The molecule has 0 aromatic heterocycles. The van der Waals surface area contributed by atoms with Crippen LogP contribution in [0.15, 0.2) is 24.3 Å². The summed E-state index contributed by atoms with van der Waals surface area (Å²) >= 11 is 0. The zero-order valence-corrected chi connectivity index (χ0v) is 14.0. The van der Waals surface area contributed by atoms with Gasteiger partial charge < -0.3 is 9.47 Å². The number of benzene rings is 1. The smallest absolute Gasteiger partial charge is 0.434 e. The highest BCUT2D eigenvalue weighted by Gasteiger charge is 2.34. The molecule has 0 saturated carbocycles. The highest BCUT2D eigenvalue weighted by atomic mass is 19.4. The predicted octanol–water partition coefficient (Wildman–Crippen LogP) is 6.36. The standard InChI is InChI=1S/C18H25F3O3/c1-2-3-4-5-6-7-8-11-14-23-17(22)24-16-13-10-9-12-15(16)18(19,20)21/h9-10,12-13H,2-8,11,14H2,1H3. The Hall–Kier alpha value is -1.72. The summed E-state index contributed by atoms with van der Waals surface area (Å²) in [6.07, 6.45) is 3.10. The van der Waals surface area contributed by atoms with Crippen molar-refractivity contribution in [3.05, 3.63) is 29.8 Å². The van der Waals surface area contributed by atoms with Gasteiger partial charge in [-0.2, -0.15) is 13.2 Å². The average Bonchev–Trinajstić information content (AvgIpc) is 2.53. The summed E-state index contributed by atoms with van der Waals surface area (Å²) in [6, 6.07) is 4.57. The van der Waals surface area contributed by atoms with Crippen molar-refractivity contribution < 1.29 is 27.4 Å². The first-order valence-corrected chi connectivity index (χ1v) is 8.46. The van der Waals surface area contributed by atoms with Gasteiger partial charge in [0.15, 0.2) is 0 Å². The second-order valence-electron chi connectivity index (χ2n) is 5.67. The van der Waals surface area contributed by atoms with E-state index in [2.05, 4.69) is 11.7 Å². The van der Waals surface area contributed by atoms with Crippen LogP contribution in [0.1, 0.15) is 63.9 Å². The SMILES string of the molecule is CCCCCCCCCCOC(=O)Oc1ccccc1C(F)(F)F.